The molecule has 0 aliphatic heterocycles. The first-order valence-electron chi connectivity index (χ1n) is 6.55. The topological polar surface area (TPSA) is 42.7 Å². The number of nitrogens with one attached hydrogen (secondary N) is 1. The number of aromatic nitrogens is 3. The molecule has 0 amide bonds. The minimum atomic E-state index is 0.0491. The van der Waals surface area contributed by atoms with Gasteiger partial charge >= 0.3 is 0 Å². The van der Waals surface area contributed by atoms with E-state index in [1.165, 1.54) is 5.56 Å². The molecule has 0 bridgehead atoms. The van der Waals surface area contributed by atoms with E-state index in [0.29, 0.717) is 0 Å². The minimum absolute atomic E-state index is 0.0491. The van der Waals surface area contributed by atoms with Crippen molar-refractivity contribution in [2.45, 2.75) is 32.9 Å². The van der Waals surface area contributed by atoms with Crippen molar-refractivity contribution in [2.75, 3.05) is 7.05 Å². The molecule has 1 unspecified atom stereocenters. The lowest BCUT2D eigenvalue weighted by molar-refractivity contribution is 0.551. The van der Waals surface area contributed by atoms with Gasteiger partial charge in [-0.15, -0.1) is 0 Å². The third-order valence-electron chi connectivity index (χ3n) is 3.28. The second-order valence-corrected chi connectivity index (χ2v) is 5.17. The third kappa shape index (κ3) is 2.72. The molecule has 2 aromatic heterocycles. The number of rotatable bonds is 5. The van der Waals surface area contributed by atoms with Gasteiger partial charge in [0.05, 0.1) is 28.1 Å². The molecular formula is C14H19BrN4. The van der Waals surface area contributed by atoms with Crippen molar-refractivity contribution in [2.24, 2.45) is 0 Å². The molecule has 2 rings (SSSR count). The van der Waals surface area contributed by atoms with Gasteiger partial charge in [-0.25, -0.2) is 0 Å². The number of hydrogen-bond acceptors (Lipinski definition) is 3. The zero-order valence-electron chi connectivity index (χ0n) is 11.5. The van der Waals surface area contributed by atoms with Gasteiger partial charge in [-0.05, 0) is 48.0 Å². The van der Waals surface area contributed by atoms with Crippen LogP contribution in [0.25, 0.3) is 0 Å². The Morgan fingerprint density at radius 2 is 2.21 bits per heavy atom. The lowest BCUT2D eigenvalue weighted by Crippen LogP contribution is -2.24. The Balaban J connectivity index is 2.53. The summed E-state index contributed by atoms with van der Waals surface area (Å²) >= 11 is 3.59. The van der Waals surface area contributed by atoms with E-state index >= 15 is 0 Å². The lowest BCUT2D eigenvalue weighted by Gasteiger charge is -2.20. The van der Waals surface area contributed by atoms with Crippen LogP contribution in [0.3, 0.4) is 0 Å². The fourth-order valence-electron chi connectivity index (χ4n) is 2.32. The van der Waals surface area contributed by atoms with Gasteiger partial charge in [-0.2, -0.15) is 5.10 Å². The molecule has 0 fully saturated rings. The van der Waals surface area contributed by atoms with E-state index in [1.54, 1.807) is 0 Å². The molecular weight excluding hydrogens is 304 g/mol. The molecule has 0 saturated heterocycles. The molecule has 2 aromatic rings. The second kappa shape index (κ2) is 6.30. The summed E-state index contributed by atoms with van der Waals surface area (Å²) in [4.78, 5) is 4.57. The maximum Gasteiger partial charge on any atom is 0.0933 e. The summed E-state index contributed by atoms with van der Waals surface area (Å²) in [6, 6.07) is 4.17. The summed E-state index contributed by atoms with van der Waals surface area (Å²) in [6.07, 6.45) is 4.66. The molecule has 4 nitrogen and oxygen atoms in total. The van der Waals surface area contributed by atoms with Crippen molar-refractivity contribution in [3.63, 3.8) is 0 Å². The van der Waals surface area contributed by atoms with Crippen LogP contribution in [0.5, 0.6) is 0 Å². The predicted molar refractivity (Wildman–Crippen MR) is 80.1 cm³/mol. The highest BCUT2D eigenvalue weighted by Gasteiger charge is 2.22. The standard InChI is InChI=1S/C14H19BrN4/c1-4-10-7-6-8-17-12(10)13(16-3)14-11(15)9-18-19(14)5-2/h6-9,13,16H,4-5H2,1-3H3. The van der Waals surface area contributed by atoms with Crippen molar-refractivity contribution in [3.05, 3.63) is 46.0 Å². The maximum absolute atomic E-state index is 4.57. The normalized spacial score (nSPS) is 12.6. The Labute approximate surface area is 122 Å². The molecule has 0 saturated carbocycles. The molecule has 0 aliphatic rings. The average Bonchev–Trinajstić information content (AvgIpc) is 2.82. The highest BCUT2D eigenvalue weighted by atomic mass is 79.9. The highest BCUT2D eigenvalue weighted by molar-refractivity contribution is 9.10. The van der Waals surface area contributed by atoms with Gasteiger partial charge < -0.3 is 5.32 Å². The van der Waals surface area contributed by atoms with Crippen molar-refractivity contribution >= 4 is 15.9 Å². The first-order valence-corrected chi connectivity index (χ1v) is 7.34. The maximum atomic E-state index is 4.57. The Bertz CT molecular complexity index is 550. The zero-order chi connectivity index (χ0) is 13.8. The Morgan fingerprint density at radius 3 is 2.84 bits per heavy atom. The number of halogens is 1. The average molecular weight is 323 g/mol. The van der Waals surface area contributed by atoms with Crippen LogP contribution in [0.4, 0.5) is 0 Å². The van der Waals surface area contributed by atoms with Crippen LogP contribution in [0.1, 0.15) is 36.8 Å². The van der Waals surface area contributed by atoms with Crippen molar-refractivity contribution < 1.29 is 0 Å². The van der Waals surface area contributed by atoms with Gasteiger partial charge in [-0.3, -0.25) is 9.67 Å². The van der Waals surface area contributed by atoms with E-state index in [9.17, 15) is 0 Å². The molecule has 0 aromatic carbocycles. The summed E-state index contributed by atoms with van der Waals surface area (Å²) in [7, 11) is 1.96. The lowest BCUT2D eigenvalue weighted by atomic mass is 10.0. The van der Waals surface area contributed by atoms with Gasteiger partial charge in [0.2, 0.25) is 0 Å². The monoisotopic (exact) mass is 322 g/mol. The number of hydrogen-bond donors (Lipinski definition) is 1. The Hall–Kier alpha value is -1.20. The molecule has 102 valence electrons. The molecule has 1 atom stereocenters. The summed E-state index contributed by atoms with van der Waals surface area (Å²) in [6.45, 7) is 5.08. The van der Waals surface area contributed by atoms with Crippen LogP contribution in [0, 0.1) is 0 Å². The molecule has 1 N–H and O–H groups in total. The van der Waals surface area contributed by atoms with E-state index in [2.05, 4.69) is 51.2 Å². The largest absolute Gasteiger partial charge is 0.307 e. The minimum Gasteiger partial charge on any atom is -0.307 e. The van der Waals surface area contributed by atoms with E-state index in [1.807, 2.05) is 30.2 Å². The van der Waals surface area contributed by atoms with Gasteiger partial charge in [0, 0.05) is 12.7 Å². The fraction of sp³-hybridized carbons (Fsp3) is 0.429. The fourth-order valence-corrected chi connectivity index (χ4v) is 2.85. The first-order chi connectivity index (χ1) is 9.22. The highest BCUT2D eigenvalue weighted by Crippen LogP contribution is 2.29. The molecule has 0 radical (unpaired) electrons. The third-order valence-corrected chi connectivity index (χ3v) is 3.89. The summed E-state index contributed by atoms with van der Waals surface area (Å²) in [5.74, 6) is 0. The van der Waals surface area contributed by atoms with Crippen LogP contribution >= 0.6 is 15.9 Å². The number of pyridine rings is 1. The van der Waals surface area contributed by atoms with Gasteiger partial charge in [0.1, 0.15) is 0 Å². The molecule has 19 heavy (non-hydrogen) atoms. The molecule has 5 heteroatoms. The van der Waals surface area contributed by atoms with Gasteiger partial charge in [0.15, 0.2) is 0 Å². The van der Waals surface area contributed by atoms with E-state index in [-0.39, 0.29) is 6.04 Å². The molecule has 0 spiro atoms. The van der Waals surface area contributed by atoms with Crippen LogP contribution in [0.2, 0.25) is 0 Å². The van der Waals surface area contributed by atoms with Crippen LogP contribution in [-0.4, -0.2) is 21.8 Å². The van der Waals surface area contributed by atoms with Crippen molar-refractivity contribution in [3.8, 4) is 0 Å². The number of nitrogens with zero attached hydrogens (tertiary/aromatic N) is 3. The first kappa shape index (κ1) is 14.2. The summed E-state index contributed by atoms with van der Waals surface area (Å²) in [5, 5.41) is 7.74. The van der Waals surface area contributed by atoms with Gasteiger partial charge in [0.25, 0.3) is 0 Å². The smallest absolute Gasteiger partial charge is 0.0933 e. The molecule has 0 aliphatic carbocycles. The quantitative estimate of drug-likeness (QED) is 0.920. The number of aryl methyl sites for hydroxylation is 2. The van der Waals surface area contributed by atoms with Crippen LogP contribution in [-0.2, 0) is 13.0 Å². The summed E-state index contributed by atoms with van der Waals surface area (Å²) in [5.41, 5.74) is 3.46. The zero-order valence-corrected chi connectivity index (χ0v) is 13.1. The van der Waals surface area contributed by atoms with Gasteiger partial charge in [-0.1, -0.05) is 13.0 Å². The van der Waals surface area contributed by atoms with E-state index in [0.717, 1.165) is 28.8 Å². The SMILES string of the molecule is CCc1cccnc1C(NC)c1c(Br)cnn1CC. The second-order valence-electron chi connectivity index (χ2n) is 4.32. The predicted octanol–water partition coefficient (Wildman–Crippen LogP) is 2.93. The molecule has 2 heterocycles. The van der Waals surface area contributed by atoms with Crippen LogP contribution in [0.15, 0.2) is 29.0 Å². The van der Waals surface area contributed by atoms with Crippen molar-refractivity contribution in [1.82, 2.24) is 20.1 Å². The van der Waals surface area contributed by atoms with Crippen molar-refractivity contribution in [1.29, 1.82) is 0 Å². The summed E-state index contributed by atoms with van der Waals surface area (Å²) < 4.78 is 3.01. The Kier molecular flexibility index (Phi) is 4.71. The van der Waals surface area contributed by atoms with E-state index in [4.69, 9.17) is 0 Å². The van der Waals surface area contributed by atoms with Crippen LogP contribution < -0.4 is 5.32 Å². The van der Waals surface area contributed by atoms with E-state index < -0.39 is 0 Å². The Morgan fingerprint density at radius 1 is 1.42 bits per heavy atom.